The molecule has 0 atom stereocenters. The molecule has 0 heteroatoms. The van der Waals surface area contributed by atoms with Crippen LogP contribution in [0.1, 0.15) is 72.1 Å². The molecule has 2 aliphatic rings. The van der Waals surface area contributed by atoms with Gasteiger partial charge in [0.15, 0.2) is 0 Å². The highest BCUT2D eigenvalue weighted by Crippen LogP contribution is 2.31. The van der Waals surface area contributed by atoms with E-state index in [0.717, 1.165) is 5.92 Å². The zero-order chi connectivity index (χ0) is 9.23. The van der Waals surface area contributed by atoms with Crippen LogP contribution >= 0.6 is 0 Å². The summed E-state index contributed by atoms with van der Waals surface area (Å²) in [6.07, 6.45) is 11.7. The highest BCUT2D eigenvalue weighted by Gasteiger charge is 2.17. The molecule has 74 valence electrons. The van der Waals surface area contributed by atoms with Crippen LogP contribution < -0.4 is 0 Å². The first-order valence-electron chi connectivity index (χ1n) is 5.85. The van der Waals surface area contributed by atoms with Gasteiger partial charge in [0, 0.05) is 0 Å². The van der Waals surface area contributed by atoms with Crippen molar-refractivity contribution >= 4 is 0 Å². The van der Waals surface area contributed by atoms with E-state index in [1.807, 2.05) is 0 Å². The van der Waals surface area contributed by atoms with Crippen LogP contribution in [0.15, 0.2) is 0 Å². The molecule has 0 N–H and O–H groups in total. The molecule has 12 heavy (non-hydrogen) atoms. The average molecular weight is 170 g/mol. The molecule has 0 radical (unpaired) electrons. The van der Waals surface area contributed by atoms with Gasteiger partial charge in [0.2, 0.25) is 0 Å². The van der Waals surface area contributed by atoms with Crippen molar-refractivity contribution in [3.05, 3.63) is 0 Å². The molecule has 0 aromatic carbocycles. The monoisotopic (exact) mass is 170 g/mol. The third-order valence-corrected chi connectivity index (χ3v) is 2.27. The lowest BCUT2D eigenvalue weighted by Crippen LogP contribution is -1.85. The van der Waals surface area contributed by atoms with Crippen LogP contribution in [0.2, 0.25) is 0 Å². The van der Waals surface area contributed by atoms with E-state index < -0.39 is 0 Å². The third-order valence-electron chi connectivity index (χ3n) is 2.27. The number of rotatable bonds is 1. The van der Waals surface area contributed by atoms with Crippen molar-refractivity contribution in [3.8, 4) is 0 Å². The van der Waals surface area contributed by atoms with Gasteiger partial charge in [0.25, 0.3) is 0 Å². The Hall–Kier alpha value is 0. The molecule has 2 saturated carbocycles. The van der Waals surface area contributed by atoms with Crippen LogP contribution in [0.4, 0.5) is 0 Å². The van der Waals surface area contributed by atoms with Crippen molar-refractivity contribution in [1.29, 1.82) is 0 Å². The summed E-state index contributed by atoms with van der Waals surface area (Å²) in [5.41, 5.74) is 0. The highest BCUT2D eigenvalue weighted by atomic mass is 14.2. The summed E-state index contributed by atoms with van der Waals surface area (Å²) in [4.78, 5) is 0. The van der Waals surface area contributed by atoms with E-state index in [2.05, 4.69) is 20.8 Å². The molecule has 0 aromatic heterocycles. The van der Waals surface area contributed by atoms with E-state index >= 15 is 0 Å². The molecule has 0 bridgehead atoms. The van der Waals surface area contributed by atoms with Crippen LogP contribution in [-0.2, 0) is 0 Å². The van der Waals surface area contributed by atoms with Gasteiger partial charge in [-0.15, -0.1) is 0 Å². The van der Waals surface area contributed by atoms with Crippen molar-refractivity contribution in [3.63, 3.8) is 0 Å². The molecule has 0 aliphatic heterocycles. The van der Waals surface area contributed by atoms with Crippen molar-refractivity contribution in [2.24, 2.45) is 5.92 Å². The van der Waals surface area contributed by atoms with E-state index in [4.69, 9.17) is 0 Å². The summed E-state index contributed by atoms with van der Waals surface area (Å²) in [6.45, 7) is 6.51. The van der Waals surface area contributed by atoms with Gasteiger partial charge >= 0.3 is 0 Å². The molecule has 0 heterocycles. The van der Waals surface area contributed by atoms with E-state index in [1.165, 1.54) is 51.4 Å². The maximum Gasteiger partial charge on any atom is -0.0417 e. The summed E-state index contributed by atoms with van der Waals surface area (Å²) in [7, 11) is 0. The van der Waals surface area contributed by atoms with E-state index in [-0.39, 0.29) is 0 Å². The molecule has 2 rings (SSSR count). The second-order valence-electron chi connectivity index (χ2n) is 3.97. The molecule has 0 unspecified atom stereocenters. The standard InChI is InChI=1S/C5H10.C4H8.C3H8/c1-2-5-3-4-5;1-2-4-3-1;1-3-2/h5H,2-4H2,1H3;1-4H2;3H2,1-2H3. The largest absolute Gasteiger partial charge is 0.0656 e. The van der Waals surface area contributed by atoms with Gasteiger partial charge in [-0.25, -0.2) is 0 Å². The molecule has 0 spiro atoms. The van der Waals surface area contributed by atoms with E-state index in [0.29, 0.717) is 0 Å². The summed E-state index contributed by atoms with van der Waals surface area (Å²) in [6, 6.07) is 0. The fourth-order valence-electron chi connectivity index (χ4n) is 0.776. The lowest BCUT2D eigenvalue weighted by atomic mass is 10.0. The summed E-state index contributed by atoms with van der Waals surface area (Å²) in [5, 5.41) is 0. The van der Waals surface area contributed by atoms with Crippen LogP contribution in [0.3, 0.4) is 0 Å². The van der Waals surface area contributed by atoms with Gasteiger partial charge in [-0.05, 0) is 5.92 Å². The van der Waals surface area contributed by atoms with Crippen molar-refractivity contribution < 1.29 is 0 Å². The van der Waals surface area contributed by atoms with Gasteiger partial charge in [0.1, 0.15) is 0 Å². The Labute approximate surface area is 78.8 Å². The number of hydrogen-bond acceptors (Lipinski definition) is 0. The molecule has 0 amide bonds. The third kappa shape index (κ3) is 10.0. The molecule has 2 aliphatic carbocycles. The molecular formula is C12H26. The lowest BCUT2D eigenvalue weighted by molar-refractivity contribution is 0.504. The Kier molecular flexibility index (Phi) is 9.09. The highest BCUT2D eigenvalue weighted by molar-refractivity contribution is 4.69. The predicted octanol–water partition coefficient (Wildman–Crippen LogP) is 4.78. The average Bonchev–Trinajstić information content (AvgIpc) is 2.66. The summed E-state index contributed by atoms with van der Waals surface area (Å²) in [5.74, 6) is 1.13. The van der Waals surface area contributed by atoms with Crippen molar-refractivity contribution in [1.82, 2.24) is 0 Å². The lowest BCUT2D eigenvalue weighted by Gasteiger charge is -2.05. The molecule has 2 fully saturated rings. The first-order chi connectivity index (χ1) is 5.85. The Morgan fingerprint density at radius 1 is 0.833 bits per heavy atom. The fraction of sp³-hybridized carbons (Fsp3) is 1.00. The molecule has 0 nitrogen and oxygen atoms in total. The molecular weight excluding hydrogens is 144 g/mol. The second kappa shape index (κ2) is 9.09. The Morgan fingerprint density at radius 3 is 1.17 bits per heavy atom. The van der Waals surface area contributed by atoms with Crippen LogP contribution in [0.5, 0.6) is 0 Å². The summed E-state index contributed by atoms with van der Waals surface area (Å²) >= 11 is 0. The summed E-state index contributed by atoms with van der Waals surface area (Å²) < 4.78 is 0. The van der Waals surface area contributed by atoms with E-state index in [1.54, 1.807) is 0 Å². The predicted molar refractivity (Wildman–Crippen MR) is 57.4 cm³/mol. The first kappa shape index (κ1) is 12.0. The Bertz CT molecular complexity index is 64.1. The van der Waals surface area contributed by atoms with Crippen molar-refractivity contribution in [2.45, 2.75) is 72.1 Å². The number of hydrogen-bond donors (Lipinski definition) is 0. The topological polar surface area (TPSA) is 0 Å². The first-order valence-corrected chi connectivity index (χ1v) is 5.85. The second-order valence-corrected chi connectivity index (χ2v) is 3.97. The zero-order valence-corrected chi connectivity index (χ0v) is 9.23. The Morgan fingerprint density at radius 2 is 1.17 bits per heavy atom. The van der Waals surface area contributed by atoms with Gasteiger partial charge in [-0.3, -0.25) is 0 Å². The molecule has 0 saturated heterocycles. The maximum atomic E-state index is 2.26. The molecule has 0 aromatic rings. The minimum Gasteiger partial charge on any atom is -0.0656 e. The van der Waals surface area contributed by atoms with E-state index in [9.17, 15) is 0 Å². The normalized spacial score (nSPS) is 19.2. The zero-order valence-electron chi connectivity index (χ0n) is 9.23. The minimum absolute atomic E-state index is 1.13. The van der Waals surface area contributed by atoms with Gasteiger partial charge in [0.05, 0.1) is 0 Å². The smallest absolute Gasteiger partial charge is 0.0417 e. The maximum absolute atomic E-state index is 2.26. The van der Waals surface area contributed by atoms with Gasteiger partial charge < -0.3 is 0 Å². The van der Waals surface area contributed by atoms with Crippen molar-refractivity contribution in [2.75, 3.05) is 0 Å². The minimum atomic E-state index is 1.13. The van der Waals surface area contributed by atoms with Crippen LogP contribution in [0.25, 0.3) is 0 Å². The SMILES string of the molecule is C1CCC1.CCC.CCC1CC1. The quantitative estimate of drug-likeness (QED) is 0.531. The van der Waals surface area contributed by atoms with Gasteiger partial charge in [-0.1, -0.05) is 72.1 Å². The Balaban J connectivity index is 0.000000158. The van der Waals surface area contributed by atoms with Crippen LogP contribution in [0, 0.1) is 5.92 Å². The fourth-order valence-corrected chi connectivity index (χ4v) is 0.776. The van der Waals surface area contributed by atoms with Crippen LogP contribution in [-0.4, -0.2) is 0 Å². The van der Waals surface area contributed by atoms with Gasteiger partial charge in [-0.2, -0.15) is 0 Å².